The maximum atomic E-state index is 12.5. The molecule has 0 aliphatic carbocycles. The fourth-order valence-electron chi connectivity index (χ4n) is 2.67. The van der Waals surface area contributed by atoms with Gasteiger partial charge in [-0.15, -0.1) is 18.3 Å². The fourth-order valence-corrected chi connectivity index (χ4v) is 3.36. The minimum atomic E-state index is -4.79. The van der Waals surface area contributed by atoms with Crippen molar-refractivity contribution in [2.45, 2.75) is 31.4 Å². The van der Waals surface area contributed by atoms with Crippen molar-refractivity contribution in [3.05, 3.63) is 54.1 Å². The zero-order chi connectivity index (χ0) is 24.0. The molecule has 0 atom stereocenters. The van der Waals surface area contributed by atoms with Gasteiger partial charge >= 0.3 is 6.36 Å². The Morgan fingerprint density at radius 2 is 1.82 bits per heavy atom. The zero-order valence-electron chi connectivity index (χ0n) is 17.5. The second-order valence-corrected chi connectivity index (χ2v) is 7.87. The molecule has 0 unspecified atom stereocenters. The molecule has 1 heterocycles. The number of nitrogens with zero attached hydrogens (tertiary/aromatic N) is 4. The van der Waals surface area contributed by atoms with Crippen LogP contribution in [0.15, 0.2) is 53.7 Å². The number of hydrogen-bond acceptors (Lipinski definition) is 7. The molecular weight excluding hydrogens is 461 g/mol. The molecule has 3 aromatic rings. The van der Waals surface area contributed by atoms with E-state index in [1.807, 2.05) is 13.8 Å². The van der Waals surface area contributed by atoms with Crippen molar-refractivity contribution >= 4 is 29.3 Å². The van der Waals surface area contributed by atoms with E-state index in [0.29, 0.717) is 16.9 Å². The van der Waals surface area contributed by atoms with Gasteiger partial charge in [0.25, 0.3) is 5.91 Å². The Balaban J connectivity index is 1.64. The van der Waals surface area contributed by atoms with Crippen LogP contribution in [0.25, 0.3) is 5.69 Å². The molecule has 0 fully saturated rings. The number of nitrogens with one attached hydrogen (secondary N) is 2. The van der Waals surface area contributed by atoms with Crippen molar-refractivity contribution in [3.8, 4) is 11.4 Å². The summed E-state index contributed by atoms with van der Waals surface area (Å²) in [6, 6.07) is 11.5. The fraction of sp³-hybridized carbons (Fsp3) is 0.250. The van der Waals surface area contributed by atoms with Crippen LogP contribution in [0.1, 0.15) is 24.2 Å². The Bertz CT molecular complexity index is 1120. The molecule has 2 N–H and O–H groups in total. The largest absolute Gasteiger partial charge is 0.573 e. The molecule has 9 nitrogen and oxygen atoms in total. The lowest BCUT2D eigenvalue weighted by Gasteiger charge is -2.13. The predicted octanol–water partition coefficient (Wildman–Crippen LogP) is 3.43. The van der Waals surface area contributed by atoms with Gasteiger partial charge in [0.2, 0.25) is 11.1 Å². The maximum absolute atomic E-state index is 12.5. The number of amides is 2. The Morgan fingerprint density at radius 3 is 2.48 bits per heavy atom. The minimum absolute atomic E-state index is 0.0650. The number of alkyl halides is 3. The summed E-state index contributed by atoms with van der Waals surface area (Å²) in [6.07, 6.45) is -4.79. The van der Waals surface area contributed by atoms with Gasteiger partial charge in [-0.3, -0.25) is 9.59 Å². The highest BCUT2D eigenvalue weighted by molar-refractivity contribution is 7.99. The smallest absolute Gasteiger partial charge is 0.406 e. The number of halogens is 3. The van der Waals surface area contributed by atoms with Crippen molar-refractivity contribution in [1.82, 2.24) is 25.5 Å². The highest BCUT2D eigenvalue weighted by atomic mass is 32.2. The number of hydrogen-bond donors (Lipinski definition) is 2. The van der Waals surface area contributed by atoms with Crippen molar-refractivity contribution in [1.29, 1.82) is 0 Å². The normalized spacial score (nSPS) is 11.3. The first-order chi connectivity index (χ1) is 15.6. The van der Waals surface area contributed by atoms with E-state index in [2.05, 4.69) is 30.9 Å². The quantitative estimate of drug-likeness (QED) is 0.475. The summed E-state index contributed by atoms with van der Waals surface area (Å²) < 4.78 is 42.1. The van der Waals surface area contributed by atoms with Crippen molar-refractivity contribution in [3.63, 3.8) is 0 Å². The molecule has 2 amide bonds. The standard InChI is InChI=1S/C20H19F3N6O3S/c1-12(2)24-18(31)15-5-3-4-6-16(15)25-17(30)11-33-19-26-27-28-29(19)13-7-9-14(10-8-13)32-20(21,22)23/h3-10,12H,11H2,1-2H3,(H,24,31)(H,25,30). The molecule has 174 valence electrons. The highest BCUT2D eigenvalue weighted by Crippen LogP contribution is 2.25. The molecule has 0 radical (unpaired) electrons. The number of aromatic nitrogens is 4. The first-order valence-corrected chi connectivity index (χ1v) is 10.6. The molecule has 0 saturated carbocycles. The minimum Gasteiger partial charge on any atom is -0.406 e. The number of anilines is 1. The van der Waals surface area contributed by atoms with Gasteiger partial charge in [0, 0.05) is 6.04 Å². The lowest BCUT2D eigenvalue weighted by atomic mass is 10.1. The van der Waals surface area contributed by atoms with Crippen LogP contribution in [0, 0.1) is 0 Å². The Hall–Kier alpha value is -3.61. The summed E-state index contributed by atoms with van der Waals surface area (Å²) in [4.78, 5) is 24.8. The molecule has 0 aliphatic heterocycles. The monoisotopic (exact) mass is 480 g/mol. The molecular formula is C20H19F3N6O3S. The van der Waals surface area contributed by atoms with E-state index in [1.165, 1.54) is 16.8 Å². The third-order valence-electron chi connectivity index (χ3n) is 3.95. The zero-order valence-corrected chi connectivity index (χ0v) is 18.3. The van der Waals surface area contributed by atoms with E-state index in [1.54, 1.807) is 24.3 Å². The number of para-hydroxylation sites is 1. The maximum Gasteiger partial charge on any atom is 0.573 e. The Kier molecular flexibility index (Phi) is 7.53. The predicted molar refractivity (Wildman–Crippen MR) is 114 cm³/mol. The van der Waals surface area contributed by atoms with Crippen LogP contribution in [-0.4, -0.2) is 50.2 Å². The molecule has 0 spiro atoms. The number of carbonyl (C=O) groups excluding carboxylic acids is 2. The van der Waals surface area contributed by atoms with E-state index in [-0.39, 0.29) is 28.6 Å². The van der Waals surface area contributed by atoms with Gasteiger partial charge in [-0.1, -0.05) is 23.9 Å². The lowest BCUT2D eigenvalue weighted by Crippen LogP contribution is -2.31. The van der Waals surface area contributed by atoms with Crippen LogP contribution in [0.2, 0.25) is 0 Å². The Labute approximate surface area is 190 Å². The summed E-state index contributed by atoms with van der Waals surface area (Å²) in [5.41, 5.74) is 1.07. The second-order valence-electron chi connectivity index (χ2n) is 6.93. The van der Waals surface area contributed by atoms with E-state index in [9.17, 15) is 22.8 Å². The molecule has 1 aromatic heterocycles. The highest BCUT2D eigenvalue weighted by Gasteiger charge is 2.31. The van der Waals surface area contributed by atoms with Crippen LogP contribution in [0.4, 0.5) is 18.9 Å². The van der Waals surface area contributed by atoms with Gasteiger partial charge in [-0.2, -0.15) is 4.68 Å². The number of carbonyl (C=O) groups is 2. The third-order valence-corrected chi connectivity index (χ3v) is 4.87. The number of benzene rings is 2. The van der Waals surface area contributed by atoms with Crippen LogP contribution in [0.5, 0.6) is 5.75 Å². The molecule has 2 aromatic carbocycles. The average molecular weight is 480 g/mol. The van der Waals surface area contributed by atoms with Gasteiger partial charge in [0.1, 0.15) is 5.75 Å². The number of tetrazole rings is 1. The average Bonchev–Trinajstić information content (AvgIpc) is 3.20. The number of ether oxygens (including phenoxy) is 1. The van der Waals surface area contributed by atoms with Crippen LogP contribution < -0.4 is 15.4 Å². The first kappa shape index (κ1) is 24.0. The molecule has 13 heteroatoms. The summed E-state index contributed by atoms with van der Waals surface area (Å²) in [5.74, 6) is -1.16. The molecule has 0 aliphatic rings. The topological polar surface area (TPSA) is 111 Å². The molecule has 3 rings (SSSR count). The SMILES string of the molecule is CC(C)NC(=O)c1ccccc1NC(=O)CSc1nnnn1-c1ccc(OC(F)(F)F)cc1. The molecule has 33 heavy (non-hydrogen) atoms. The summed E-state index contributed by atoms with van der Waals surface area (Å²) in [7, 11) is 0. The second kappa shape index (κ2) is 10.3. The van der Waals surface area contributed by atoms with Crippen LogP contribution in [-0.2, 0) is 4.79 Å². The van der Waals surface area contributed by atoms with Gasteiger partial charge in [-0.25, -0.2) is 0 Å². The molecule has 0 saturated heterocycles. The van der Waals surface area contributed by atoms with E-state index in [4.69, 9.17) is 0 Å². The summed E-state index contributed by atoms with van der Waals surface area (Å²) in [5, 5.41) is 16.9. The van der Waals surface area contributed by atoms with Crippen LogP contribution in [0.3, 0.4) is 0 Å². The van der Waals surface area contributed by atoms with E-state index in [0.717, 1.165) is 23.9 Å². The van der Waals surface area contributed by atoms with Gasteiger partial charge in [0.15, 0.2) is 0 Å². The van der Waals surface area contributed by atoms with Gasteiger partial charge in [-0.05, 0) is 60.7 Å². The summed E-state index contributed by atoms with van der Waals surface area (Å²) >= 11 is 1.02. The van der Waals surface area contributed by atoms with Crippen LogP contribution >= 0.6 is 11.8 Å². The van der Waals surface area contributed by atoms with E-state index < -0.39 is 12.3 Å². The Morgan fingerprint density at radius 1 is 1.12 bits per heavy atom. The number of thioether (sulfide) groups is 1. The van der Waals surface area contributed by atoms with Gasteiger partial charge in [0.05, 0.1) is 22.7 Å². The third kappa shape index (κ3) is 6.94. The van der Waals surface area contributed by atoms with Gasteiger partial charge < -0.3 is 15.4 Å². The summed E-state index contributed by atoms with van der Waals surface area (Å²) in [6.45, 7) is 3.66. The number of rotatable bonds is 8. The van der Waals surface area contributed by atoms with E-state index >= 15 is 0 Å². The van der Waals surface area contributed by atoms with Crippen molar-refractivity contribution in [2.24, 2.45) is 0 Å². The molecule has 0 bridgehead atoms. The van der Waals surface area contributed by atoms with Crippen molar-refractivity contribution in [2.75, 3.05) is 11.1 Å². The first-order valence-electron chi connectivity index (χ1n) is 9.59. The lowest BCUT2D eigenvalue weighted by molar-refractivity contribution is -0.274. The van der Waals surface area contributed by atoms with Crippen molar-refractivity contribution < 1.29 is 27.5 Å².